The second-order valence-electron chi connectivity index (χ2n) is 2.94. The number of aliphatic hydroxyl groups is 3. The number of ketones is 1. The molecule has 0 aliphatic carbocycles. The average Bonchev–Trinajstić information content (AvgIpc) is 2.03. The van der Waals surface area contributed by atoms with E-state index in [1.54, 1.807) is 0 Å². The maximum atomic E-state index is 11.0. The summed E-state index contributed by atoms with van der Waals surface area (Å²) < 4.78 is 0. The molecule has 5 nitrogen and oxygen atoms in total. The normalized spacial score (nSPS) is 36.4. The van der Waals surface area contributed by atoms with Crippen molar-refractivity contribution >= 4 is 5.78 Å². The molecule has 0 saturated carbocycles. The Morgan fingerprint density at radius 1 is 1.33 bits per heavy atom. The molecule has 0 spiro atoms. The number of aliphatic hydroxyl groups excluding tert-OH is 3. The predicted molar refractivity (Wildman–Crippen MR) is 40.5 cm³/mol. The largest absolute Gasteiger partial charge is 0.391 e. The zero-order valence-corrected chi connectivity index (χ0v) is 6.60. The number of hydrogen-bond donors (Lipinski definition) is 4. The molecule has 70 valence electrons. The summed E-state index contributed by atoms with van der Waals surface area (Å²) in [5, 5.41) is 29.9. The van der Waals surface area contributed by atoms with Crippen molar-refractivity contribution < 1.29 is 20.1 Å². The van der Waals surface area contributed by atoms with E-state index < -0.39 is 30.5 Å². The van der Waals surface area contributed by atoms with Crippen LogP contribution in [0.15, 0.2) is 0 Å². The molecule has 2 unspecified atom stereocenters. The van der Waals surface area contributed by atoms with Gasteiger partial charge in [-0.2, -0.15) is 0 Å². The predicted octanol–water partition coefficient (Wildman–Crippen LogP) is -2.51. The van der Waals surface area contributed by atoms with Gasteiger partial charge < -0.3 is 20.6 Å². The van der Waals surface area contributed by atoms with Crippen LogP contribution in [0.25, 0.3) is 0 Å². The number of carbonyl (C=O) groups is 1. The minimum atomic E-state index is -0.895. The van der Waals surface area contributed by atoms with E-state index in [4.69, 9.17) is 5.11 Å². The molecule has 1 heterocycles. The first-order valence-corrected chi connectivity index (χ1v) is 3.87. The molecule has 12 heavy (non-hydrogen) atoms. The summed E-state index contributed by atoms with van der Waals surface area (Å²) in [5.74, 6) is -1.34. The summed E-state index contributed by atoms with van der Waals surface area (Å²) >= 11 is 0. The lowest BCUT2D eigenvalue weighted by atomic mass is 9.88. The van der Waals surface area contributed by atoms with Crippen molar-refractivity contribution in [2.45, 2.75) is 12.2 Å². The molecule has 0 bridgehead atoms. The van der Waals surface area contributed by atoms with E-state index in [1.165, 1.54) is 0 Å². The molecular weight excluding hydrogens is 162 g/mol. The fraction of sp³-hybridized carbons (Fsp3) is 0.857. The van der Waals surface area contributed by atoms with Crippen molar-refractivity contribution in [3.8, 4) is 0 Å². The van der Waals surface area contributed by atoms with Crippen LogP contribution in [0.3, 0.4) is 0 Å². The van der Waals surface area contributed by atoms with Crippen LogP contribution in [0.5, 0.6) is 0 Å². The van der Waals surface area contributed by atoms with Crippen LogP contribution in [0.4, 0.5) is 0 Å². The molecule has 1 rings (SSSR count). The molecule has 0 aromatic carbocycles. The summed E-state index contributed by atoms with van der Waals surface area (Å²) in [5.41, 5.74) is 0. The number of hydrogen-bond acceptors (Lipinski definition) is 5. The van der Waals surface area contributed by atoms with Crippen LogP contribution in [0, 0.1) is 5.92 Å². The number of β-amino-alcohol motifs (C(OH)–C–C–N with tert-alkyl or cyclic N) is 2. The fourth-order valence-electron chi connectivity index (χ4n) is 1.42. The molecule has 4 N–H and O–H groups in total. The Bertz CT molecular complexity index is 163. The van der Waals surface area contributed by atoms with Crippen LogP contribution in [0.2, 0.25) is 0 Å². The van der Waals surface area contributed by atoms with Crippen LogP contribution < -0.4 is 5.32 Å². The highest BCUT2D eigenvalue weighted by Gasteiger charge is 2.35. The van der Waals surface area contributed by atoms with E-state index in [9.17, 15) is 15.0 Å². The smallest absolute Gasteiger partial charge is 0.166 e. The first-order valence-electron chi connectivity index (χ1n) is 3.87. The van der Waals surface area contributed by atoms with E-state index in [0.29, 0.717) is 0 Å². The van der Waals surface area contributed by atoms with Gasteiger partial charge >= 0.3 is 0 Å². The van der Waals surface area contributed by atoms with Crippen LogP contribution in [-0.2, 0) is 4.79 Å². The van der Waals surface area contributed by atoms with E-state index >= 15 is 0 Å². The molecule has 0 radical (unpaired) electrons. The first-order chi connectivity index (χ1) is 5.66. The number of piperidine rings is 1. The van der Waals surface area contributed by atoms with E-state index in [-0.39, 0.29) is 13.1 Å². The highest BCUT2D eigenvalue weighted by Crippen LogP contribution is 2.14. The Labute approximate surface area is 70.0 Å². The minimum Gasteiger partial charge on any atom is -0.391 e. The summed E-state index contributed by atoms with van der Waals surface area (Å²) in [6.45, 7) is -0.0558. The van der Waals surface area contributed by atoms with Gasteiger partial charge in [-0.1, -0.05) is 0 Å². The third-order valence-corrected chi connectivity index (χ3v) is 2.06. The van der Waals surface area contributed by atoms with Crippen molar-refractivity contribution in [2.24, 2.45) is 5.92 Å². The van der Waals surface area contributed by atoms with Crippen molar-refractivity contribution in [1.29, 1.82) is 0 Å². The van der Waals surface area contributed by atoms with Gasteiger partial charge in [-0.05, 0) is 0 Å². The highest BCUT2D eigenvalue weighted by molar-refractivity contribution is 5.83. The number of rotatable bonds is 2. The van der Waals surface area contributed by atoms with Gasteiger partial charge in [-0.3, -0.25) is 4.79 Å². The van der Waals surface area contributed by atoms with Crippen molar-refractivity contribution in [3.05, 3.63) is 0 Å². The van der Waals surface area contributed by atoms with Crippen molar-refractivity contribution in [1.82, 2.24) is 5.32 Å². The lowest BCUT2D eigenvalue weighted by Crippen LogP contribution is -2.53. The zero-order valence-electron chi connectivity index (χ0n) is 6.60. The standard InChI is InChI=1S/C7H13NO4/c9-3-6(12)7-4(10)1-8-2-5(7)11/h4-5,7-11H,1-3H2. The van der Waals surface area contributed by atoms with E-state index in [0.717, 1.165) is 0 Å². The minimum absolute atomic E-state index is 0.285. The molecule has 1 fully saturated rings. The molecule has 0 amide bonds. The molecule has 1 aliphatic heterocycles. The van der Waals surface area contributed by atoms with Crippen molar-refractivity contribution in [3.63, 3.8) is 0 Å². The summed E-state index contributed by atoms with van der Waals surface area (Å²) in [6, 6.07) is 0. The highest BCUT2D eigenvalue weighted by atomic mass is 16.3. The van der Waals surface area contributed by atoms with E-state index in [1.807, 2.05) is 0 Å². The second-order valence-corrected chi connectivity index (χ2v) is 2.94. The number of carbonyl (C=O) groups excluding carboxylic acids is 1. The monoisotopic (exact) mass is 175 g/mol. The molecule has 1 saturated heterocycles. The lowest BCUT2D eigenvalue weighted by molar-refractivity contribution is -0.136. The quantitative estimate of drug-likeness (QED) is 0.372. The van der Waals surface area contributed by atoms with Crippen LogP contribution in [0.1, 0.15) is 0 Å². The average molecular weight is 175 g/mol. The van der Waals surface area contributed by atoms with Crippen LogP contribution in [-0.4, -0.2) is 53.0 Å². The Kier molecular flexibility index (Phi) is 3.16. The fourth-order valence-corrected chi connectivity index (χ4v) is 1.42. The maximum absolute atomic E-state index is 11.0. The zero-order chi connectivity index (χ0) is 9.14. The van der Waals surface area contributed by atoms with Gasteiger partial charge in [-0.15, -0.1) is 0 Å². The van der Waals surface area contributed by atoms with Crippen molar-refractivity contribution in [2.75, 3.05) is 19.7 Å². The molecule has 0 aromatic rings. The third-order valence-electron chi connectivity index (χ3n) is 2.06. The topological polar surface area (TPSA) is 89.8 Å². The van der Waals surface area contributed by atoms with E-state index in [2.05, 4.69) is 5.32 Å². The lowest BCUT2D eigenvalue weighted by Gasteiger charge is -2.31. The summed E-state index contributed by atoms with van der Waals surface area (Å²) in [7, 11) is 0. The molecular formula is C7H13NO4. The van der Waals surface area contributed by atoms with Gasteiger partial charge in [0.25, 0.3) is 0 Å². The Morgan fingerprint density at radius 2 is 1.83 bits per heavy atom. The summed E-state index contributed by atoms with van der Waals surface area (Å²) in [6.07, 6.45) is -1.79. The number of nitrogens with one attached hydrogen (secondary N) is 1. The maximum Gasteiger partial charge on any atom is 0.166 e. The summed E-state index contributed by atoms with van der Waals surface area (Å²) in [4.78, 5) is 11.0. The van der Waals surface area contributed by atoms with Gasteiger partial charge in [0.15, 0.2) is 5.78 Å². The molecule has 2 atom stereocenters. The van der Waals surface area contributed by atoms with Crippen LogP contribution >= 0.6 is 0 Å². The molecule has 0 aromatic heterocycles. The molecule has 5 heteroatoms. The van der Waals surface area contributed by atoms with Gasteiger partial charge in [0.2, 0.25) is 0 Å². The molecule has 1 aliphatic rings. The van der Waals surface area contributed by atoms with Gasteiger partial charge in [-0.25, -0.2) is 0 Å². The van der Waals surface area contributed by atoms with Gasteiger partial charge in [0.05, 0.1) is 18.1 Å². The Hall–Kier alpha value is -0.490. The SMILES string of the molecule is O=C(CO)C1C(O)CNCC1O. The van der Waals surface area contributed by atoms with Gasteiger partial charge in [0, 0.05) is 13.1 Å². The third kappa shape index (κ3) is 1.81. The number of Topliss-reactive ketones (excluding diaryl/α,β-unsaturated/α-hetero) is 1. The first kappa shape index (κ1) is 9.60. The second kappa shape index (κ2) is 3.95. The Morgan fingerprint density at radius 3 is 2.25 bits per heavy atom. The Balaban J connectivity index is 2.62. The van der Waals surface area contributed by atoms with Gasteiger partial charge in [0.1, 0.15) is 6.61 Å².